The van der Waals surface area contributed by atoms with Crippen molar-refractivity contribution in [2.75, 3.05) is 6.79 Å². The van der Waals surface area contributed by atoms with Gasteiger partial charge in [0.1, 0.15) is 11.6 Å². The van der Waals surface area contributed by atoms with E-state index in [2.05, 4.69) is 5.32 Å². The largest absolute Gasteiger partial charge is 0.454 e. The smallest absolute Gasteiger partial charge is 0.417 e. The van der Waals surface area contributed by atoms with Crippen LogP contribution in [0.3, 0.4) is 0 Å². The van der Waals surface area contributed by atoms with Gasteiger partial charge in [0.25, 0.3) is 5.56 Å². The van der Waals surface area contributed by atoms with E-state index in [0.717, 1.165) is 0 Å². The molecule has 0 spiro atoms. The Morgan fingerprint density at radius 1 is 1.23 bits per heavy atom. The number of hydrogen-bond donors (Lipinski definition) is 1. The molecule has 2 aromatic rings. The average Bonchev–Trinajstić information content (AvgIpc) is 3.03. The zero-order chi connectivity index (χ0) is 18.9. The van der Waals surface area contributed by atoms with Crippen LogP contribution in [0.5, 0.6) is 11.5 Å². The van der Waals surface area contributed by atoms with Gasteiger partial charge < -0.3 is 19.4 Å². The van der Waals surface area contributed by atoms with Crippen LogP contribution in [0, 0.1) is 0 Å². The molecule has 138 valence electrons. The molecule has 0 saturated carbocycles. The van der Waals surface area contributed by atoms with Crippen LogP contribution in [-0.4, -0.2) is 17.3 Å². The van der Waals surface area contributed by atoms with E-state index in [4.69, 9.17) is 21.1 Å². The maximum absolute atomic E-state index is 12.8. The molecular weight excluding hydrogens is 377 g/mol. The number of amides is 1. The summed E-state index contributed by atoms with van der Waals surface area (Å²) in [5, 5.41) is 1.92. The van der Waals surface area contributed by atoms with E-state index in [9.17, 15) is 22.8 Å². The molecule has 1 aliphatic rings. The van der Waals surface area contributed by atoms with Gasteiger partial charge in [0.05, 0.1) is 5.56 Å². The fourth-order valence-electron chi connectivity index (χ4n) is 2.33. The molecule has 6 nitrogen and oxygen atoms in total. The number of benzene rings is 1. The van der Waals surface area contributed by atoms with Gasteiger partial charge in [-0.2, -0.15) is 13.2 Å². The summed E-state index contributed by atoms with van der Waals surface area (Å²) in [6.07, 6.45) is -4.11. The second-order valence-electron chi connectivity index (χ2n) is 5.47. The molecule has 0 fully saturated rings. The average molecular weight is 389 g/mol. The number of carbonyl (C=O) groups is 1. The number of rotatable bonds is 4. The summed E-state index contributed by atoms with van der Waals surface area (Å²) in [7, 11) is 0. The molecule has 0 atom stereocenters. The van der Waals surface area contributed by atoms with Crippen molar-refractivity contribution in [2.24, 2.45) is 0 Å². The molecule has 3 rings (SSSR count). The summed E-state index contributed by atoms with van der Waals surface area (Å²) >= 11 is 5.54. The van der Waals surface area contributed by atoms with Gasteiger partial charge in [-0.3, -0.25) is 9.59 Å². The third kappa shape index (κ3) is 3.93. The van der Waals surface area contributed by atoms with Crippen molar-refractivity contribution < 1.29 is 27.4 Å². The lowest BCUT2D eigenvalue weighted by Crippen LogP contribution is -2.32. The standard InChI is InChI=1S/C16H12ClF3N2O4/c17-11-4-10(16(18,19)20)6-22(15(11)24)7-14(23)21-5-9-1-2-12-13(3-9)26-8-25-12/h1-4,6H,5,7-8H2,(H,21,23). The van der Waals surface area contributed by atoms with Crippen LogP contribution >= 0.6 is 11.6 Å². The molecule has 1 aromatic carbocycles. The molecule has 0 unspecified atom stereocenters. The minimum Gasteiger partial charge on any atom is -0.454 e. The van der Waals surface area contributed by atoms with E-state index in [1.807, 2.05) is 0 Å². The lowest BCUT2D eigenvalue weighted by Gasteiger charge is -2.12. The van der Waals surface area contributed by atoms with Crippen molar-refractivity contribution in [3.05, 3.63) is 57.0 Å². The number of halogens is 4. The molecule has 0 bridgehead atoms. The zero-order valence-corrected chi connectivity index (χ0v) is 13.9. The Balaban J connectivity index is 1.68. The Hall–Kier alpha value is -2.68. The van der Waals surface area contributed by atoms with E-state index >= 15 is 0 Å². The van der Waals surface area contributed by atoms with Gasteiger partial charge in [0.2, 0.25) is 12.7 Å². The minimum absolute atomic E-state index is 0.108. The van der Waals surface area contributed by atoms with E-state index in [-0.39, 0.29) is 13.3 Å². The first-order valence-corrected chi connectivity index (χ1v) is 7.74. The lowest BCUT2D eigenvalue weighted by molar-refractivity contribution is -0.138. The first-order valence-electron chi connectivity index (χ1n) is 7.36. The molecule has 0 saturated heterocycles. The number of ether oxygens (including phenoxy) is 2. The van der Waals surface area contributed by atoms with E-state index < -0.39 is 34.8 Å². The van der Waals surface area contributed by atoms with Crippen molar-refractivity contribution in [3.63, 3.8) is 0 Å². The second-order valence-corrected chi connectivity index (χ2v) is 5.88. The highest BCUT2D eigenvalue weighted by atomic mass is 35.5. The Labute approximate surface area is 150 Å². The van der Waals surface area contributed by atoms with E-state index in [1.54, 1.807) is 18.2 Å². The highest BCUT2D eigenvalue weighted by molar-refractivity contribution is 6.30. The topological polar surface area (TPSA) is 69.6 Å². The van der Waals surface area contributed by atoms with Crippen molar-refractivity contribution in [1.29, 1.82) is 0 Å². The van der Waals surface area contributed by atoms with Crippen molar-refractivity contribution in [3.8, 4) is 11.5 Å². The SMILES string of the molecule is O=C(Cn1cc(C(F)(F)F)cc(Cl)c1=O)NCc1ccc2c(c1)OCO2. The van der Waals surface area contributed by atoms with E-state index in [1.165, 1.54) is 0 Å². The van der Waals surface area contributed by atoms with Crippen molar-refractivity contribution in [1.82, 2.24) is 9.88 Å². The fourth-order valence-corrected chi connectivity index (χ4v) is 2.56. The number of hydrogen-bond acceptors (Lipinski definition) is 4. The molecule has 1 amide bonds. The monoisotopic (exact) mass is 388 g/mol. The zero-order valence-electron chi connectivity index (χ0n) is 13.1. The second kappa shape index (κ2) is 6.91. The summed E-state index contributed by atoms with van der Waals surface area (Å²) in [6, 6.07) is 5.60. The third-order valence-electron chi connectivity index (χ3n) is 3.61. The predicted molar refractivity (Wildman–Crippen MR) is 85.1 cm³/mol. The van der Waals surface area contributed by atoms with Gasteiger partial charge in [0, 0.05) is 12.7 Å². The van der Waals surface area contributed by atoms with Gasteiger partial charge in [0.15, 0.2) is 11.5 Å². The first kappa shape index (κ1) is 18.1. The van der Waals surface area contributed by atoms with Crippen LogP contribution in [0.25, 0.3) is 0 Å². The highest BCUT2D eigenvalue weighted by Crippen LogP contribution is 2.32. The van der Waals surface area contributed by atoms with Crippen molar-refractivity contribution >= 4 is 17.5 Å². The number of aromatic nitrogens is 1. The molecular formula is C16H12ClF3N2O4. The molecule has 0 aliphatic carbocycles. The summed E-state index contributed by atoms with van der Waals surface area (Å²) in [6.45, 7) is -0.367. The van der Waals surface area contributed by atoms with Gasteiger partial charge >= 0.3 is 6.18 Å². The molecule has 2 heterocycles. The van der Waals surface area contributed by atoms with Gasteiger partial charge in [-0.15, -0.1) is 0 Å². The number of nitrogens with one attached hydrogen (secondary N) is 1. The van der Waals surface area contributed by atoms with Crippen LogP contribution in [-0.2, 0) is 24.1 Å². The third-order valence-corrected chi connectivity index (χ3v) is 3.88. The van der Waals surface area contributed by atoms with Gasteiger partial charge in [-0.1, -0.05) is 17.7 Å². The Morgan fingerprint density at radius 3 is 2.69 bits per heavy atom. The lowest BCUT2D eigenvalue weighted by atomic mass is 10.2. The maximum atomic E-state index is 12.8. The molecule has 0 radical (unpaired) electrons. The summed E-state index contributed by atoms with van der Waals surface area (Å²) < 4.78 is 49.4. The van der Waals surface area contributed by atoms with Crippen LogP contribution < -0.4 is 20.3 Å². The number of alkyl halides is 3. The maximum Gasteiger partial charge on any atom is 0.417 e. The molecule has 10 heteroatoms. The molecule has 1 N–H and O–H groups in total. The van der Waals surface area contributed by atoms with Crippen LogP contribution in [0.2, 0.25) is 5.02 Å². The quantitative estimate of drug-likeness (QED) is 0.874. The van der Waals surface area contributed by atoms with E-state index in [0.29, 0.717) is 33.9 Å². The van der Waals surface area contributed by atoms with Crippen LogP contribution in [0.15, 0.2) is 35.3 Å². The van der Waals surface area contributed by atoms with Gasteiger partial charge in [-0.05, 0) is 23.8 Å². The predicted octanol–water partition coefficient (Wildman–Crippen LogP) is 2.57. The molecule has 1 aromatic heterocycles. The number of carbonyl (C=O) groups excluding carboxylic acids is 1. The Kier molecular flexibility index (Phi) is 4.82. The number of pyridine rings is 1. The molecule has 1 aliphatic heterocycles. The van der Waals surface area contributed by atoms with Gasteiger partial charge in [-0.25, -0.2) is 0 Å². The highest BCUT2D eigenvalue weighted by Gasteiger charge is 2.32. The number of nitrogens with zero attached hydrogens (tertiary/aromatic N) is 1. The van der Waals surface area contributed by atoms with Crippen LogP contribution in [0.4, 0.5) is 13.2 Å². The summed E-state index contributed by atoms with van der Waals surface area (Å²) in [5.41, 5.74) is -1.28. The summed E-state index contributed by atoms with van der Waals surface area (Å²) in [5.74, 6) is 0.489. The first-order chi connectivity index (χ1) is 12.2. The van der Waals surface area contributed by atoms with Crippen LogP contribution in [0.1, 0.15) is 11.1 Å². The minimum atomic E-state index is -4.68. The normalized spacial score (nSPS) is 12.9. The fraction of sp³-hybridized carbons (Fsp3) is 0.250. The number of fused-ring (bicyclic) bond motifs is 1. The van der Waals surface area contributed by atoms with Crippen molar-refractivity contribution in [2.45, 2.75) is 19.3 Å². The molecule has 26 heavy (non-hydrogen) atoms. The Morgan fingerprint density at radius 2 is 1.96 bits per heavy atom. The Bertz CT molecular complexity index is 911. The summed E-state index contributed by atoms with van der Waals surface area (Å²) in [4.78, 5) is 23.8.